The van der Waals surface area contributed by atoms with Gasteiger partial charge in [0.15, 0.2) is 6.29 Å². The number of hydrogen-bond acceptors (Lipinski definition) is 9. The lowest BCUT2D eigenvalue weighted by molar-refractivity contribution is 0.0701. The van der Waals surface area contributed by atoms with Crippen LogP contribution in [0.25, 0.3) is 0 Å². The zero-order valence-electron chi connectivity index (χ0n) is 11.7. The molecular formula is C10H22N8O. The first-order valence-corrected chi connectivity index (χ1v) is 6.12. The Morgan fingerprint density at radius 2 is 1.68 bits per heavy atom. The van der Waals surface area contributed by atoms with Crippen LogP contribution < -0.4 is 27.2 Å². The molecule has 0 fully saturated rings. The van der Waals surface area contributed by atoms with Crippen LogP contribution in [0.15, 0.2) is 0 Å². The van der Waals surface area contributed by atoms with E-state index in [4.69, 9.17) is 10.6 Å². The quantitative estimate of drug-likeness (QED) is 0.326. The lowest BCUT2D eigenvalue weighted by Crippen LogP contribution is -2.43. The van der Waals surface area contributed by atoms with Gasteiger partial charge in [-0.15, -0.1) is 0 Å². The zero-order valence-corrected chi connectivity index (χ0v) is 11.7. The van der Waals surface area contributed by atoms with Gasteiger partial charge in [0.25, 0.3) is 0 Å². The standard InChI is InChI=1S/C10H22N8O/c1-5-12-8-15-9(13-6(2)3)17-10(16-8)14-7(11)18-19-4/h6-7,18H,5,11H2,1-4H3,(H3,12,13,14,15,16,17)/t7-/m0/s1. The van der Waals surface area contributed by atoms with E-state index in [9.17, 15) is 0 Å². The maximum atomic E-state index is 5.70. The van der Waals surface area contributed by atoms with Gasteiger partial charge in [0.05, 0.1) is 7.11 Å². The third-order valence-corrected chi connectivity index (χ3v) is 1.92. The van der Waals surface area contributed by atoms with Gasteiger partial charge < -0.3 is 20.8 Å². The predicted octanol–water partition coefficient (Wildman–Crippen LogP) is -0.0711. The molecule has 0 aliphatic rings. The molecule has 1 atom stereocenters. The van der Waals surface area contributed by atoms with Crippen LogP contribution in [0.5, 0.6) is 0 Å². The molecule has 108 valence electrons. The number of aromatic nitrogens is 3. The second kappa shape index (κ2) is 7.67. The van der Waals surface area contributed by atoms with Crippen molar-refractivity contribution in [2.24, 2.45) is 5.73 Å². The zero-order chi connectivity index (χ0) is 14.3. The number of nitrogens with two attached hydrogens (primary N) is 1. The molecule has 1 aromatic heterocycles. The number of hydroxylamine groups is 1. The molecular weight excluding hydrogens is 248 g/mol. The number of nitrogens with one attached hydrogen (secondary N) is 4. The Morgan fingerprint density at radius 3 is 2.21 bits per heavy atom. The third-order valence-electron chi connectivity index (χ3n) is 1.92. The molecule has 0 saturated carbocycles. The topological polar surface area (TPSA) is 122 Å². The fourth-order valence-corrected chi connectivity index (χ4v) is 1.30. The summed E-state index contributed by atoms with van der Waals surface area (Å²) >= 11 is 0. The van der Waals surface area contributed by atoms with E-state index in [-0.39, 0.29) is 6.04 Å². The van der Waals surface area contributed by atoms with Crippen LogP contribution in [0, 0.1) is 0 Å². The summed E-state index contributed by atoms with van der Waals surface area (Å²) in [5.74, 6) is 1.31. The molecule has 0 amide bonds. The van der Waals surface area contributed by atoms with Crippen LogP contribution in [-0.2, 0) is 4.84 Å². The second-order valence-electron chi connectivity index (χ2n) is 4.08. The van der Waals surface area contributed by atoms with Crippen LogP contribution >= 0.6 is 0 Å². The van der Waals surface area contributed by atoms with E-state index in [1.807, 2.05) is 20.8 Å². The van der Waals surface area contributed by atoms with Crippen molar-refractivity contribution >= 4 is 17.8 Å². The first-order chi connectivity index (χ1) is 9.05. The van der Waals surface area contributed by atoms with Crippen molar-refractivity contribution in [2.45, 2.75) is 33.1 Å². The van der Waals surface area contributed by atoms with Gasteiger partial charge in [-0.3, -0.25) is 5.73 Å². The summed E-state index contributed by atoms with van der Waals surface area (Å²) in [6.07, 6.45) is -0.617. The first kappa shape index (κ1) is 15.3. The summed E-state index contributed by atoms with van der Waals surface area (Å²) in [6.45, 7) is 6.68. The van der Waals surface area contributed by atoms with Crippen molar-refractivity contribution < 1.29 is 4.84 Å². The molecule has 6 N–H and O–H groups in total. The molecule has 0 bridgehead atoms. The van der Waals surface area contributed by atoms with E-state index in [0.717, 1.165) is 0 Å². The molecule has 1 rings (SSSR count). The number of anilines is 3. The van der Waals surface area contributed by atoms with Gasteiger partial charge >= 0.3 is 0 Å². The molecule has 0 aliphatic heterocycles. The van der Waals surface area contributed by atoms with Crippen LogP contribution in [0.2, 0.25) is 0 Å². The van der Waals surface area contributed by atoms with Gasteiger partial charge in [0.1, 0.15) is 0 Å². The molecule has 9 heteroatoms. The van der Waals surface area contributed by atoms with Gasteiger partial charge in [-0.25, -0.2) is 0 Å². The van der Waals surface area contributed by atoms with Crippen molar-refractivity contribution in [1.82, 2.24) is 20.4 Å². The molecule has 0 spiro atoms. The highest BCUT2D eigenvalue weighted by molar-refractivity contribution is 5.42. The lowest BCUT2D eigenvalue weighted by atomic mass is 10.4. The summed E-state index contributed by atoms with van der Waals surface area (Å²) < 4.78 is 0. The Hall–Kier alpha value is -1.71. The monoisotopic (exact) mass is 270 g/mol. The highest BCUT2D eigenvalue weighted by atomic mass is 16.6. The number of nitrogens with zero attached hydrogens (tertiary/aromatic N) is 3. The van der Waals surface area contributed by atoms with E-state index < -0.39 is 6.29 Å². The van der Waals surface area contributed by atoms with Crippen molar-refractivity contribution in [3.63, 3.8) is 0 Å². The van der Waals surface area contributed by atoms with E-state index in [0.29, 0.717) is 24.4 Å². The smallest absolute Gasteiger partial charge is 0.231 e. The Bertz CT molecular complexity index is 386. The first-order valence-electron chi connectivity index (χ1n) is 6.12. The molecule has 0 unspecified atom stereocenters. The van der Waals surface area contributed by atoms with Crippen molar-refractivity contribution in [1.29, 1.82) is 0 Å². The van der Waals surface area contributed by atoms with Gasteiger partial charge in [-0.1, -0.05) is 0 Å². The molecule has 1 aromatic rings. The van der Waals surface area contributed by atoms with Crippen LogP contribution in [0.1, 0.15) is 20.8 Å². The molecule has 0 aromatic carbocycles. The summed E-state index contributed by atoms with van der Waals surface area (Å²) in [4.78, 5) is 17.4. The second-order valence-corrected chi connectivity index (χ2v) is 4.08. The maximum absolute atomic E-state index is 5.70. The minimum atomic E-state index is -0.617. The molecule has 0 saturated heterocycles. The summed E-state index contributed by atoms with van der Waals surface area (Å²) in [5, 5.41) is 9.00. The van der Waals surface area contributed by atoms with Gasteiger partial charge in [-0.05, 0) is 20.8 Å². The van der Waals surface area contributed by atoms with Gasteiger partial charge in [-0.2, -0.15) is 20.4 Å². The highest BCUT2D eigenvalue weighted by Crippen LogP contribution is 2.10. The summed E-state index contributed by atoms with van der Waals surface area (Å²) in [7, 11) is 1.48. The van der Waals surface area contributed by atoms with E-state index in [1.54, 1.807) is 0 Å². The van der Waals surface area contributed by atoms with Crippen LogP contribution in [0.3, 0.4) is 0 Å². The van der Waals surface area contributed by atoms with Crippen molar-refractivity contribution in [2.75, 3.05) is 29.6 Å². The van der Waals surface area contributed by atoms with E-state index >= 15 is 0 Å². The summed E-state index contributed by atoms with van der Waals surface area (Å²) in [5.41, 5.74) is 8.23. The van der Waals surface area contributed by atoms with Crippen LogP contribution in [0.4, 0.5) is 17.8 Å². The van der Waals surface area contributed by atoms with Gasteiger partial charge in [0, 0.05) is 12.6 Å². The Kier molecular flexibility index (Phi) is 6.19. The Morgan fingerprint density at radius 1 is 1.11 bits per heavy atom. The SMILES string of the molecule is CCNc1nc(NC(C)C)nc(N[C@H](N)NOC)n1. The van der Waals surface area contributed by atoms with Crippen LogP contribution in [-0.4, -0.2) is 40.9 Å². The maximum Gasteiger partial charge on any atom is 0.231 e. The molecule has 9 nitrogen and oxygen atoms in total. The van der Waals surface area contributed by atoms with Gasteiger partial charge in [0.2, 0.25) is 17.8 Å². The fraction of sp³-hybridized carbons (Fsp3) is 0.700. The molecule has 0 radical (unpaired) electrons. The van der Waals surface area contributed by atoms with E-state index in [2.05, 4.69) is 36.4 Å². The highest BCUT2D eigenvalue weighted by Gasteiger charge is 2.09. The Balaban J connectivity index is 2.85. The normalized spacial score (nSPS) is 12.3. The average Bonchev–Trinajstić information content (AvgIpc) is 2.28. The average molecular weight is 270 g/mol. The fourth-order valence-electron chi connectivity index (χ4n) is 1.30. The molecule has 0 aliphatic carbocycles. The lowest BCUT2D eigenvalue weighted by Gasteiger charge is -2.16. The van der Waals surface area contributed by atoms with Crippen molar-refractivity contribution in [3.05, 3.63) is 0 Å². The number of hydrogen-bond donors (Lipinski definition) is 5. The predicted molar refractivity (Wildman–Crippen MR) is 74.5 cm³/mol. The minimum absolute atomic E-state index is 0.218. The minimum Gasteiger partial charge on any atom is -0.354 e. The summed E-state index contributed by atoms with van der Waals surface area (Å²) in [6, 6.07) is 0.218. The van der Waals surface area contributed by atoms with Crippen molar-refractivity contribution in [3.8, 4) is 0 Å². The van der Waals surface area contributed by atoms with E-state index in [1.165, 1.54) is 7.11 Å². The third kappa shape index (κ3) is 5.64. The largest absolute Gasteiger partial charge is 0.354 e. The molecule has 19 heavy (non-hydrogen) atoms. The Labute approximate surface area is 112 Å². The number of rotatable bonds is 8. The molecule has 1 heterocycles.